The molecule has 0 aliphatic carbocycles. The summed E-state index contributed by atoms with van der Waals surface area (Å²) in [5.74, 6) is 0.308. The smallest absolute Gasteiger partial charge is 0.308 e. The molecule has 0 fully saturated rings. The number of nitrogens with zero attached hydrogens (tertiary/aromatic N) is 2. The molecule has 0 radical (unpaired) electrons. The van der Waals surface area contributed by atoms with Crippen LogP contribution >= 0.6 is 11.8 Å². The molecule has 0 unspecified atom stereocenters. The number of halogens is 3. The lowest BCUT2D eigenvalue weighted by Gasteiger charge is -2.07. The lowest BCUT2D eigenvalue weighted by atomic mass is 10.2. The molecule has 1 heterocycles. The van der Waals surface area contributed by atoms with Crippen LogP contribution in [0.15, 0.2) is 34.4 Å². The van der Waals surface area contributed by atoms with Crippen LogP contribution in [0.5, 0.6) is 0 Å². The van der Waals surface area contributed by atoms with Crippen LogP contribution in [-0.4, -0.2) is 17.9 Å². The second-order valence-corrected chi connectivity index (χ2v) is 4.24. The van der Waals surface area contributed by atoms with E-state index >= 15 is 0 Å². The molecule has 0 spiro atoms. The fourth-order valence-electron chi connectivity index (χ4n) is 1.09. The minimum Gasteiger partial charge on any atom is -0.308 e. The molecule has 0 aromatic carbocycles. The van der Waals surface area contributed by atoms with Gasteiger partial charge in [-0.3, -0.25) is 9.98 Å². The van der Waals surface area contributed by atoms with E-state index in [9.17, 15) is 13.2 Å². The Morgan fingerprint density at radius 3 is 2.83 bits per heavy atom. The first-order valence-corrected chi connectivity index (χ1v) is 5.77. The first kappa shape index (κ1) is 14.4. The van der Waals surface area contributed by atoms with Gasteiger partial charge in [0.2, 0.25) is 0 Å². The predicted molar refractivity (Wildman–Crippen MR) is 66.9 cm³/mol. The molecule has 96 valence electrons. The van der Waals surface area contributed by atoms with Gasteiger partial charge < -0.3 is 5.41 Å². The SMILES string of the molecule is C=N/C=C(/C=N)SCc1ccnc(C(F)(F)F)c1. The highest BCUT2D eigenvalue weighted by Crippen LogP contribution is 2.29. The van der Waals surface area contributed by atoms with Crippen molar-refractivity contribution in [2.75, 3.05) is 0 Å². The van der Waals surface area contributed by atoms with Crippen molar-refractivity contribution in [1.82, 2.24) is 4.98 Å². The predicted octanol–water partition coefficient (Wildman–Crippen LogP) is 3.53. The topological polar surface area (TPSA) is 49.1 Å². The summed E-state index contributed by atoms with van der Waals surface area (Å²) in [5.41, 5.74) is -0.429. The monoisotopic (exact) mass is 273 g/mol. The molecule has 1 N–H and O–H groups in total. The molecule has 18 heavy (non-hydrogen) atoms. The summed E-state index contributed by atoms with van der Waals surface area (Å²) in [4.78, 5) is 7.29. The third-order valence-electron chi connectivity index (χ3n) is 1.88. The number of aliphatic imine (C=N–C) groups is 1. The Hall–Kier alpha value is -1.63. The van der Waals surface area contributed by atoms with Crippen LogP contribution in [-0.2, 0) is 11.9 Å². The molecule has 0 aliphatic heterocycles. The van der Waals surface area contributed by atoms with E-state index in [4.69, 9.17) is 5.41 Å². The number of rotatable bonds is 5. The average molecular weight is 273 g/mol. The van der Waals surface area contributed by atoms with Crippen LogP contribution in [0.3, 0.4) is 0 Å². The summed E-state index contributed by atoms with van der Waals surface area (Å²) in [5, 5.41) is 7.08. The van der Waals surface area contributed by atoms with Crippen LogP contribution in [0, 0.1) is 5.41 Å². The van der Waals surface area contributed by atoms with E-state index in [0.717, 1.165) is 18.5 Å². The van der Waals surface area contributed by atoms with E-state index in [0.29, 0.717) is 16.2 Å². The van der Waals surface area contributed by atoms with Crippen molar-refractivity contribution in [3.63, 3.8) is 0 Å². The van der Waals surface area contributed by atoms with Crippen molar-refractivity contribution >= 4 is 24.7 Å². The Morgan fingerprint density at radius 1 is 1.56 bits per heavy atom. The van der Waals surface area contributed by atoms with E-state index in [-0.39, 0.29) is 0 Å². The zero-order chi connectivity index (χ0) is 13.6. The molecule has 7 heteroatoms. The highest BCUT2D eigenvalue weighted by molar-refractivity contribution is 8.03. The van der Waals surface area contributed by atoms with E-state index in [1.807, 2.05) is 0 Å². The number of allylic oxidation sites excluding steroid dienone is 1. The number of aromatic nitrogens is 1. The number of hydrogen-bond acceptors (Lipinski definition) is 4. The fourth-order valence-corrected chi connectivity index (χ4v) is 1.84. The normalized spacial score (nSPS) is 12.3. The molecule has 0 aliphatic rings. The van der Waals surface area contributed by atoms with Crippen LogP contribution in [0.4, 0.5) is 13.2 Å². The van der Waals surface area contributed by atoms with Gasteiger partial charge >= 0.3 is 6.18 Å². The number of hydrogen-bond donors (Lipinski definition) is 1. The van der Waals surface area contributed by atoms with Crippen LogP contribution < -0.4 is 0 Å². The first-order valence-electron chi connectivity index (χ1n) is 4.78. The highest BCUT2D eigenvalue weighted by Gasteiger charge is 2.32. The summed E-state index contributed by atoms with van der Waals surface area (Å²) in [7, 11) is 0. The Balaban J connectivity index is 2.77. The summed E-state index contributed by atoms with van der Waals surface area (Å²) in [6, 6.07) is 2.50. The van der Waals surface area contributed by atoms with Gasteiger partial charge in [0.05, 0.1) is 0 Å². The standard InChI is InChI=1S/C11H10F3N3S/c1-16-6-9(5-15)18-7-8-2-3-17-10(4-8)11(12,13)14/h2-6,15H,1,7H2/b9-6-,15-5?. The van der Waals surface area contributed by atoms with E-state index in [1.165, 1.54) is 24.0 Å². The lowest BCUT2D eigenvalue weighted by molar-refractivity contribution is -0.141. The summed E-state index contributed by atoms with van der Waals surface area (Å²) >= 11 is 1.21. The minimum absolute atomic E-state index is 0.308. The fraction of sp³-hybridized carbons (Fsp3) is 0.182. The third kappa shape index (κ3) is 4.33. The van der Waals surface area contributed by atoms with Crippen molar-refractivity contribution in [1.29, 1.82) is 5.41 Å². The zero-order valence-electron chi connectivity index (χ0n) is 9.24. The maximum absolute atomic E-state index is 12.4. The number of nitrogens with one attached hydrogen (secondary N) is 1. The lowest BCUT2D eigenvalue weighted by Crippen LogP contribution is -2.07. The first-order chi connectivity index (χ1) is 8.47. The molecule has 1 aromatic heterocycles. The van der Waals surface area contributed by atoms with Crippen LogP contribution in [0.2, 0.25) is 0 Å². The molecule has 3 nitrogen and oxygen atoms in total. The second kappa shape index (κ2) is 6.34. The molecular weight excluding hydrogens is 263 g/mol. The van der Waals surface area contributed by atoms with Gasteiger partial charge in [0, 0.05) is 29.3 Å². The maximum Gasteiger partial charge on any atom is 0.433 e. The molecular formula is C11H10F3N3S. The number of thioether (sulfide) groups is 1. The van der Waals surface area contributed by atoms with Gasteiger partial charge in [0.1, 0.15) is 5.69 Å². The Labute approximate surface area is 106 Å². The van der Waals surface area contributed by atoms with E-state index in [2.05, 4.69) is 16.7 Å². The maximum atomic E-state index is 12.4. The van der Waals surface area contributed by atoms with Crippen molar-refractivity contribution in [2.45, 2.75) is 11.9 Å². The van der Waals surface area contributed by atoms with Crippen LogP contribution in [0.1, 0.15) is 11.3 Å². The molecule has 0 saturated heterocycles. The largest absolute Gasteiger partial charge is 0.433 e. The van der Waals surface area contributed by atoms with Gasteiger partial charge in [-0.05, 0) is 24.4 Å². The quantitative estimate of drug-likeness (QED) is 0.834. The van der Waals surface area contributed by atoms with Gasteiger partial charge in [-0.15, -0.1) is 11.8 Å². The van der Waals surface area contributed by atoms with Crippen molar-refractivity contribution < 1.29 is 13.2 Å². The Morgan fingerprint density at radius 2 is 2.28 bits per heavy atom. The molecule has 1 aromatic rings. The van der Waals surface area contributed by atoms with Crippen molar-refractivity contribution in [2.24, 2.45) is 4.99 Å². The van der Waals surface area contributed by atoms with E-state index < -0.39 is 11.9 Å². The van der Waals surface area contributed by atoms with Gasteiger partial charge in [-0.25, -0.2) is 0 Å². The van der Waals surface area contributed by atoms with Crippen molar-refractivity contribution in [3.8, 4) is 0 Å². The van der Waals surface area contributed by atoms with Gasteiger partial charge in [-0.1, -0.05) is 0 Å². The Bertz CT molecular complexity index is 469. The minimum atomic E-state index is -4.44. The van der Waals surface area contributed by atoms with Gasteiger partial charge in [0.25, 0.3) is 0 Å². The highest BCUT2D eigenvalue weighted by atomic mass is 32.2. The van der Waals surface area contributed by atoms with Crippen molar-refractivity contribution in [3.05, 3.63) is 40.7 Å². The van der Waals surface area contributed by atoms with Gasteiger partial charge in [0.15, 0.2) is 0 Å². The Kier molecular flexibility index (Phi) is 5.08. The van der Waals surface area contributed by atoms with Crippen LogP contribution in [0.25, 0.3) is 0 Å². The van der Waals surface area contributed by atoms with Gasteiger partial charge in [-0.2, -0.15) is 13.2 Å². The molecule has 0 saturated carbocycles. The second-order valence-electron chi connectivity index (χ2n) is 3.19. The summed E-state index contributed by atoms with van der Waals surface area (Å²) in [6.07, 6.45) is -0.865. The third-order valence-corrected chi connectivity index (χ3v) is 2.92. The zero-order valence-corrected chi connectivity index (χ0v) is 10.1. The molecule has 0 atom stereocenters. The average Bonchev–Trinajstić information content (AvgIpc) is 2.34. The summed E-state index contributed by atoms with van der Waals surface area (Å²) < 4.78 is 37.2. The molecule has 0 bridgehead atoms. The number of alkyl halides is 3. The molecule has 0 amide bonds. The number of pyridine rings is 1. The summed E-state index contributed by atoms with van der Waals surface area (Å²) in [6.45, 7) is 3.25. The van der Waals surface area contributed by atoms with E-state index in [1.54, 1.807) is 0 Å². The molecule has 1 rings (SSSR count).